The van der Waals surface area contributed by atoms with Crippen LogP contribution >= 0.6 is 11.6 Å². The lowest BCUT2D eigenvalue weighted by atomic mass is 9.88. The Balaban J connectivity index is 1.33. The standard InChI is InChI=1S/C24H23ClN2O4S/c25-18-8-10-19(11-9-18)27-32(29,30)21-14-12-20(13-15-21)31-16-24(28)26-23-7-3-5-17-4-1-2-6-22(17)23/h1-2,4,6,8-15,23,27H,3,5,7,16H2,(H,26,28)/t23-/m1/s1. The molecule has 3 aromatic carbocycles. The molecule has 4 rings (SSSR count). The molecule has 0 saturated heterocycles. The molecule has 0 saturated carbocycles. The van der Waals surface area contributed by atoms with Crippen molar-refractivity contribution in [2.45, 2.75) is 30.2 Å². The van der Waals surface area contributed by atoms with Gasteiger partial charge >= 0.3 is 0 Å². The van der Waals surface area contributed by atoms with E-state index in [1.54, 1.807) is 24.3 Å². The number of ether oxygens (including phenoxy) is 1. The predicted octanol–water partition coefficient (Wildman–Crippen LogP) is 4.71. The van der Waals surface area contributed by atoms with E-state index in [0.29, 0.717) is 16.5 Å². The van der Waals surface area contributed by atoms with E-state index >= 15 is 0 Å². The highest BCUT2D eigenvalue weighted by atomic mass is 35.5. The normalized spacial score (nSPS) is 15.5. The zero-order chi connectivity index (χ0) is 22.6. The van der Waals surface area contributed by atoms with Crippen molar-refractivity contribution in [1.29, 1.82) is 0 Å². The third-order valence-corrected chi connectivity index (χ3v) is 6.95. The van der Waals surface area contributed by atoms with Crippen LogP contribution in [0.2, 0.25) is 5.02 Å². The molecule has 0 heterocycles. The van der Waals surface area contributed by atoms with Crippen molar-refractivity contribution in [3.63, 3.8) is 0 Å². The Kier molecular flexibility index (Phi) is 6.67. The van der Waals surface area contributed by atoms with Crippen LogP contribution in [-0.4, -0.2) is 20.9 Å². The summed E-state index contributed by atoms with van der Waals surface area (Å²) in [6.45, 7) is -0.145. The molecule has 1 aliphatic carbocycles. The average Bonchev–Trinajstić information content (AvgIpc) is 2.80. The maximum atomic E-state index is 12.5. The van der Waals surface area contributed by atoms with Crippen LogP contribution in [0.1, 0.15) is 30.0 Å². The third kappa shape index (κ3) is 5.41. The van der Waals surface area contributed by atoms with Gasteiger partial charge < -0.3 is 10.1 Å². The third-order valence-electron chi connectivity index (χ3n) is 5.31. The molecule has 0 fully saturated rings. The van der Waals surface area contributed by atoms with E-state index in [9.17, 15) is 13.2 Å². The molecular weight excluding hydrogens is 448 g/mol. The van der Waals surface area contributed by atoms with E-state index < -0.39 is 10.0 Å². The van der Waals surface area contributed by atoms with E-state index in [-0.39, 0.29) is 23.5 Å². The molecule has 0 unspecified atom stereocenters. The first kappa shape index (κ1) is 22.2. The number of amides is 1. The monoisotopic (exact) mass is 470 g/mol. The van der Waals surface area contributed by atoms with Gasteiger partial charge in [0.25, 0.3) is 15.9 Å². The number of nitrogens with one attached hydrogen (secondary N) is 2. The lowest BCUT2D eigenvalue weighted by molar-refractivity contribution is -0.124. The van der Waals surface area contributed by atoms with E-state index in [1.807, 2.05) is 12.1 Å². The SMILES string of the molecule is O=C(COc1ccc(S(=O)(=O)Nc2ccc(Cl)cc2)cc1)N[C@@H]1CCCc2ccccc21. The zero-order valence-corrected chi connectivity index (χ0v) is 18.8. The van der Waals surface area contributed by atoms with Gasteiger partial charge in [0.05, 0.1) is 10.9 Å². The van der Waals surface area contributed by atoms with E-state index in [0.717, 1.165) is 24.8 Å². The van der Waals surface area contributed by atoms with Gasteiger partial charge in [-0.1, -0.05) is 35.9 Å². The summed E-state index contributed by atoms with van der Waals surface area (Å²) >= 11 is 5.83. The highest BCUT2D eigenvalue weighted by Crippen LogP contribution is 2.29. The van der Waals surface area contributed by atoms with Gasteiger partial charge in [0.1, 0.15) is 5.75 Å². The second kappa shape index (κ2) is 9.63. The lowest BCUT2D eigenvalue weighted by Gasteiger charge is -2.26. The van der Waals surface area contributed by atoms with Gasteiger partial charge in [-0.2, -0.15) is 0 Å². The molecule has 1 aliphatic rings. The van der Waals surface area contributed by atoms with Gasteiger partial charge in [-0.05, 0) is 78.9 Å². The van der Waals surface area contributed by atoms with E-state index in [1.165, 1.54) is 29.8 Å². The molecule has 0 spiro atoms. The highest BCUT2D eigenvalue weighted by Gasteiger charge is 2.21. The summed E-state index contributed by atoms with van der Waals surface area (Å²) in [4.78, 5) is 12.5. The molecule has 0 aromatic heterocycles. The smallest absolute Gasteiger partial charge is 0.261 e. The first-order valence-corrected chi connectivity index (χ1v) is 12.2. The number of sulfonamides is 1. The predicted molar refractivity (Wildman–Crippen MR) is 124 cm³/mol. The fourth-order valence-corrected chi connectivity index (χ4v) is 4.92. The maximum Gasteiger partial charge on any atom is 0.261 e. The van der Waals surface area contributed by atoms with Crippen molar-refractivity contribution in [2.75, 3.05) is 11.3 Å². The minimum atomic E-state index is -3.75. The van der Waals surface area contributed by atoms with Gasteiger partial charge in [0.15, 0.2) is 6.61 Å². The van der Waals surface area contributed by atoms with Crippen molar-refractivity contribution in [3.8, 4) is 5.75 Å². The molecule has 3 aromatic rings. The Morgan fingerprint density at radius 1 is 1.00 bits per heavy atom. The summed E-state index contributed by atoms with van der Waals surface area (Å²) in [5.41, 5.74) is 2.85. The minimum absolute atomic E-state index is 0.0116. The highest BCUT2D eigenvalue weighted by molar-refractivity contribution is 7.92. The van der Waals surface area contributed by atoms with E-state index in [2.05, 4.69) is 22.2 Å². The fourth-order valence-electron chi connectivity index (χ4n) is 3.74. The van der Waals surface area contributed by atoms with Crippen LogP contribution < -0.4 is 14.8 Å². The van der Waals surface area contributed by atoms with Crippen LogP contribution in [0.25, 0.3) is 0 Å². The number of halogens is 1. The number of hydrogen-bond acceptors (Lipinski definition) is 4. The van der Waals surface area contributed by atoms with E-state index in [4.69, 9.17) is 16.3 Å². The number of fused-ring (bicyclic) bond motifs is 1. The molecule has 32 heavy (non-hydrogen) atoms. The average molecular weight is 471 g/mol. The van der Waals surface area contributed by atoms with Crippen LogP contribution in [0, 0.1) is 0 Å². The molecule has 8 heteroatoms. The number of carbonyl (C=O) groups is 1. The number of aryl methyl sites for hydroxylation is 1. The Morgan fingerprint density at radius 3 is 2.47 bits per heavy atom. The summed E-state index contributed by atoms with van der Waals surface area (Å²) in [5.74, 6) is 0.197. The summed E-state index contributed by atoms with van der Waals surface area (Å²) in [7, 11) is -3.75. The lowest BCUT2D eigenvalue weighted by Crippen LogP contribution is -2.34. The summed E-state index contributed by atoms with van der Waals surface area (Å²) < 4.78 is 33.1. The minimum Gasteiger partial charge on any atom is -0.484 e. The van der Waals surface area contributed by atoms with Crippen molar-refractivity contribution in [2.24, 2.45) is 0 Å². The van der Waals surface area contributed by atoms with Gasteiger partial charge in [0.2, 0.25) is 0 Å². The maximum absolute atomic E-state index is 12.5. The number of carbonyl (C=O) groups excluding carboxylic acids is 1. The van der Waals surface area contributed by atoms with Gasteiger partial charge in [-0.3, -0.25) is 9.52 Å². The Bertz CT molecular complexity index is 1200. The quantitative estimate of drug-likeness (QED) is 0.523. The van der Waals surface area contributed by atoms with Gasteiger partial charge in [-0.15, -0.1) is 0 Å². The molecule has 0 aliphatic heterocycles. The first-order valence-electron chi connectivity index (χ1n) is 10.3. The second-order valence-corrected chi connectivity index (χ2v) is 9.70. The molecule has 1 amide bonds. The van der Waals surface area contributed by atoms with Crippen molar-refractivity contribution in [3.05, 3.63) is 88.9 Å². The molecule has 166 valence electrons. The molecule has 6 nitrogen and oxygen atoms in total. The number of hydrogen-bond donors (Lipinski definition) is 2. The second-order valence-electron chi connectivity index (χ2n) is 7.58. The van der Waals surface area contributed by atoms with Crippen molar-refractivity contribution >= 4 is 33.2 Å². The zero-order valence-electron chi connectivity index (χ0n) is 17.3. The van der Waals surface area contributed by atoms with Crippen LogP contribution in [0.3, 0.4) is 0 Å². The number of benzene rings is 3. The molecule has 0 bridgehead atoms. The van der Waals surface area contributed by atoms with Crippen LogP contribution in [0.15, 0.2) is 77.7 Å². The Labute approximate surface area is 192 Å². The summed E-state index contributed by atoms with van der Waals surface area (Å²) in [6.07, 6.45) is 2.96. The molecule has 0 radical (unpaired) electrons. The summed E-state index contributed by atoms with van der Waals surface area (Å²) in [6, 6.07) is 20.4. The van der Waals surface area contributed by atoms with Crippen molar-refractivity contribution in [1.82, 2.24) is 5.32 Å². The number of rotatable bonds is 7. The Hall–Kier alpha value is -3.03. The fraction of sp³-hybridized carbons (Fsp3) is 0.208. The summed E-state index contributed by atoms with van der Waals surface area (Å²) in [5, 5.41) is 3.55. The van der Waals surface area contributed by atoms with Crippen LogP contribution in [-0.2, 0) is 21.2 Å². The van der Waals surface area contributed by atoms with Gasteiger partial charge in [0, 0.05) is 10.7 Å². The van der Waals surface area contributed by atoms with Crippen LogP contribution in [0.4, 0.5) is 5.69 Å². The molecular formula is C24H23ClN2O4S. The topological polar surface area (TPSA) is 84.5 Å². The first-order chi connectivity index (χ1) is 15.4. The van der Waals surface area contributed by atoms with Crippen molar-refractivity contribution < 1.29 is 17.9 Å². The Morgan fingerprint density at radius 2 is 1.72 bits per heavy atom. The molecule has 2 N–H and O–H groups in total. The van der Waals surface area contributed by atoms with Gasteiger partial charge in [-0.25, -0.2) is 8.42 Å². The molecule has 1 atom stereocenters. The number of anilines is 1. The van der Waals surface area contributed by atoms with Crippen LogP contribution in [0.5, 0.6) is 5.75 Å². The largest absolute Gasteiger partial charge is 0.484 e.